The highest BCUT2D eigenvalue weighted by atomic mass is 16.7. The fourth-order valence-electron chi connectivity index (χ4n) is 2.23. The van der Waals surface area contributed by atoms with Crippen molar-refractivity contribution >= 4 is 17.5 Å². The van der Waals surface area contributed by atoms with Gasteiger partial charge in [0.1, 0.15) is 5.75 Å². The van der Waals surface area contributed by atoms with E-state index in [-0.39, 0.29) is 38.2 Å². The lowest BCUT2D eigenvalue weighted by atomic mass is 10.2. The van der Waals surface area contributed by atoms with E-state index in [0.717, 1.165) is 0 Å². The molecule has 0 aliphatic carbocycles. The van der Waals surface area contributed by atoms with Crippen molar-refractivity contribution in [3.63, 3.8) is 0 Å². The molecule has 25 heavy (non-hydrogen) atoms. The van der Waals surface area contributed by atoms with Gasteiger partial charge < -0.3 is 24.8 Å². The number of amides is 2. The molecule has 0 aromatic heterocycles. The number of para-hydroxylation sites is 1. The third-order valence-electron chi connectivity index (χ3n) is 3.44. The maximum Gasteiger partial charge on any atom is 0.257 e. The van der Waals surface area contributed by atoms with E-state index in [1.54, 1.807) is 30.3 Å². The van der Waals surface area contributed by atoms with Gasteiger partial charge in [0.2, 0.25) is 12.7 Å². The highest BCUT2D eigenvalue weighted by molar-refractivity contribution is 5.91. The molecule has 0 saturated heterocycles. The number of hydrogen-bond acceptors (Lipinski definition) is 5. The predicted molar refractivity (Wildman–Crippen MR) is 90.8 cm³/mol. The van der Waals surface area contributed by atoms with Crippen LogP contribution in [-0.4, -0.2) is 31.8 Å². The van der Waals surface area contributed by atoms with Gasteiger partial charge in [-0.05, 0) is 24.3 Å². The number of nitrogens with one attached hydrogen (secondary N) is 2. The van der Waals surface area contributed by atoms with Crippen LogP contribution in [0, 0.1) is 0 Å². The third kappa shape index (κ3) is 4.87. The number of carbonyl (C=O) groups excluding carboxylic acids is 2. The van der Waals surface area contributed by atoms with Crippen LogP contribution in [0.4, 0.5) is 5.69 Å². The quantitative estimate of drug-likeness (QED) is 0.803. The standard InChI is InChI=1S/C18H18N2O5/c21-17(20-13-6-7-15-16(10-13)25-12-24-15)8-9-19-18(22)11-23-14-4-2-1-3-5-14/h1-7,10H,8-9,11-12H2,(H,19,22)(H,20,21). The number of benzene rings is 2. The molecule has 0 atom stereocenters. The summed E-state index contributed by atoms with van der Waals surface area (Å²) in [5.74, 6) is 1.40. The average molecular weight is 342 g/mol. The molecule has 0 bridgehead atoms. The van der Waals surface area contributed by atoms with Crippen LogP contribution in [0.5, 0.6) is 17.2 Å². The summed E-state index contributed by atoms with van der Waals surface area (Å²) in [4.78, 5) is 23.6. The van der Waals surface area contributed by atoms with Crippen molar-refractivity contribution in [3.05, 3.63) is 48.5 Å². The van der Waals surface area contributed by atoms with Crippen molar-refractivity contribution in [2.75, 3.05) is 25.3 Å². The van der Waals surface area contributed by atoms with Crippen LogP contribution in [0.1, 0.15) is 6.42 Å². The lowest BCUT2D eigenvalue weighted by molar-refractivity contribution is -0.123. The summed E-state index contributed by atoms with van der Waals surface area (Å²) in [6.45, 7) is 0.324. The SMILES string of the molecule is O=C(COc1ccccc1)NCCC(=O)Nc1ccc2c(c1)OCO2. The molecule has 7 heteroatoms. The first-order valence-corrected chi connectivity index (χ1v) is 7.85. The second-order valence-corrected chi connectivity index (χ2v) is 5.32. The van der Waals surface area contributed by atoms with E-state index in [1.165, 1.54) is 0 Å². The van der Waals surface area contributed by atoms with Crippen LogP contribution >= 0.6 is 0 Å². The summed E-state index contributed by atoms with van der Waals surface area (Å²) >= 11 is 0. The summed E-state index contributed by atoms with van der Waals surface area (Å²) < 4.78 is 15.8. The van der Waals surface area contributed by atoms with Gasteiger partial charge in [-0.15, -0.1) is 0 Å². The molecule has 2 aromatic rings. The highest BCUT2D eigenvalue weighted by Crippen LogP contribution is 2.34. The number of ether oxygens (including phenoxy) is 3. The van der Waals surface area contributed by atoms with Crippen molar-refractivity contribution in [3.8, 4) is 17.2 Å². The van der Waals surface area contributed by atoms with Crippen LogP contribution in [0.25, 0.3) is 0 Å². The normalized spacial score (nSPS) is 11.7. The molecule has 1 aliphatic rings. The summed E-state index contributed by atoms with van der Waals surface area (Å²) in [7, 11) is 0. The Labute approximate surface area is 144 Å². The molecule has 2 aromatic carbocycles. The molecule has 7 nitrogen and oxygen atoms in total. The van der Waals surface area contributed by atoms with Crippen molar-refractivity contribution in [1.82, 2.24) is 5.32 Å². The van der Waals surface area contributed by atoms with Crippen LogP contribution in [0.2, 0.25) is 0 Å². The maximum atomic E-state index is 11.9. The van der Waals surface area contributed by atoms with Gasteiger partial charge in [0.05, 0.1) is 0 Å². The van der Waals surface area contributed by atoms with Gasteiger partial charge in [-0.3, -0.25) is 9.59 Å². The van der Waals surface area contributed by atoms with Gasteiger partial charge in [-0.2, -0.15) is 0 Å². The van der Waals surface area contributed by atoms with E-state index >= 15 is 0 Å². The fraction of sp³-hybridized carbons (Fsp3) is 0.222. The highest BCUT2D eigenvalue weighted by Gasteiger charge is 2.14. The van der Waals surface area contributed by atoms with Crippen molar-refractivity contribution in [2.24, 2.45) is 0 Å². The van der Waals surface area contributed by atoms with E-state index in [4.69, 9.17) is 14.2 Å². The Morgan fingerprint density at radius 3 is 2.64 bits per heavy atom. The van der Waals surface area contributed by atoms with E-state index < -0.39 is 0 Å². The number of hydrogen-bond donors (Lipinski definition) is 2. The lowest BCUT2D eigenvalue weighted by Gasteiger charge is -2.08. The zero-order chi connectivity index (χ0) is 17.5. The van der Waals surface area contributed by atoms with Gasteiger partial charge in [0, 0.05) is 24.7 Å². The minimum absolute atomic E-state index is 0.0895. The number of carbonyl (C=O) groups is 2. The molecule has 0 unspecified atom stereocenters. The zero-order valence-corrected chi connectivity index (χ0v) is 13.5. The fourth-order valence-corrected chi connectivity index (χ4v) is 2.23. The summed E-state index contributed by atoms with van der Waals surface area (Å²) in [6.07, 6.45) is 0.158. The molecule has 0 spiro atoms. The molecule has 0 saturated carbocycles. The second-order valence-electron chi connectivity index (χ2n) is 5.32. The van der Waals surface area contributed by atoms with Gasteiger partial charge in [0.15, 0.2) is 18.1 Å². The van der Waals surface area contributed by atoms with E-state index in [2.05, 4.69) is 10.6 Å². The third-order valence-corrected chi connectivity index (χ3v) is 3.44. The summed E-state index contributed by atoms with van der Waals surface area (Å²) in [6, 6.07) is 14.2. The van der Waals surface area contributed by atoms with Gasteiger partial charge >= 0.3 is 0 Å². The van der Waals surface area contributed by atoms with E-state index in [9.17, 15) is 9.59 Å². The first-order valence-electron chi connectivity index (χ1n) is 7.85. The Hall–Kier alpha value is -3.22. The Bertz CT molecular complexity index is 748. The first kappa shape index (κ1) is 16.6. The molecule has 0 radical (unpaired) electrons. The van der Waals surface area contributed by atoms with Gasteiger partial charge in [-0.1, -0.05) is 18.2 Å². The smallest absolute Gasteiger partial charge is 0.257 e. The van der Waals surface area contributed by atoms with E-state index in [1.807, 2.05) is 18.2 Å². The maximum absolute atomic E-state index is 11.9. The lowest BCUT2D eigenvalue weighted by Crippen LogP contribution is -2.31. The number of fused-ring (bicyclic) bond motifs is 1. The number of rotatable bonds is 7. The topological polar surface area (TPSA) is 85.9 Å². The number of anilines is 1. The molecule has 1 aliphatic heterocycles. The molecular formula is C18H18N2O5. The second kappa shape index (κ2) is 8.05. The average Bonchev–Trinajstić information content (AvgIpc) is 3.08. The van der Waals surface area contributed by atoms with Crippen LogP contribution in [-0.2, 0) is 9.59 Å². The molecule has 1 heterocycles. The Balaban J connectivity index is 1.35. The minimum Gasteiger partial charge on any atom is -0.484 e. The summed E-state index contributed by atoms with van der Waals surface area (Å²) in [5.41, 5.74) is 0.619. The Kier molecular flexibility index (Phi) is 5.36. The zero-order valence-electron chi connectivity index (χ0n) is 13.5. The monoisotopic (exact) mass is 342 g/mol. The molecular weight excluding hydrogens is 324 g/mol. The molecule has 2 N–H and O–H groups in total. The van der Waals surface area contributed by atoms with E-state index in [0.29, 0.717) is 22.9 Å². The first-order chi connectivity index (χ1) is 12.2. The molecule has 0 fully saturated rings. The van der Waals surface area contributed by atoms with Crippen LogP contribution in [0.3, 0.4) is 0 Å². The van der Waals surface area contributed by atoms with Gasteiger partial charge in [-0.25, -0.2) is 0 Å². The molecule has 3 rings (SSSR count). The molecule has 130 valence electrons. The van der Waals surface area contributed by atoms with Crippen molar-refractivity contribution in [2.45, 2.75) is 6.42 Å². The van der Waals surface area contributed by atoms with Crippen LogP contribution in [0.15, 0.2) is 48.5 Å². The minimum atomic E-state index is -0.278. The van der Waals surface area contributed by atoms with Crippen LogP contribution < -0.4 is 24.8 Å². The predicted octanol–water partition coefficient (Wildman–Crippen LogP) is 1.94. The van der Waals surface area contributed by atoms with Crippen molar-refractivity contribution in [1.29, 1.82) is 0 Å². The largest absolute Gasteiger partial charge is 0.484 e. The van der Waals surface area contributed by atoms with Gasteiger partial charge in [0.25, 0.3) is 5.91 Å². The Morgan fingerprint density at radius 1 is 1.00 bits per heavy atom. The molecule has 2 amide bonds. The Morgan fingerprint density at radius 2 is 1.80 bits per heavy atom. The van der Waals surface area contributed by atoms with Crippen molar-refractivity contribution < 1.29 is 23.8 Å². The summed E-state index contributed by atoms with van der Waals surface area (Å²) in [5, 5.41) is 5.39.